The fourth-order valence-corrected chi connectivity index (χ4v) is 2.19. The quantitative estimate of drug-likeness (QED) is 0.345. The SMILES string of the molecule is CCC(C)(C)OOC(C)Cc1ccccc1CC(C)OOC(C)(C)CC. The highest BCUT2D eigenvalue weighted by molar-refractivity contribution is 5.28. The van der Waals surface area contributed by atoms with Gasteiger partial charge in [-0.25, -0.2) is 19.6 Å². The first-order valence-corrected chi connectivity index (χ1v) is 9.84. The van der Waals surface area contributed by atoms with Crippen LogP contribution in [-0.2, 0) is 32.4 Å². The normalized spacial score (nSPS) is 15.1. The molecule has 1 rings (SSSR count). The number of hydrogen-bond donors (Lipinski definition) is 0. The molecule has 0 spiro atoms. The molecule has 26 heavy (non-hydrogen) atoms. The predicted octanol–water partition coefficient (Wildman–Crippen LogP) is 5.82. The summed E-state index contributed by atoms with van der Waals surface area (Å²) in [6, 6.07) is 8.41. The molecule has 0 saturated heterocycles. The van der Waals surface area contributed by atoms with E-state index in [0.29, 0.717) is 0 Å². The summed E-state index contributed by atoms with van der Waals surface area (Å²) in [5.41, 5.74) is 1.98. The van der Waals surface area contributed by atoms with E-state index in [1.165, 1.54) is 11.1 Å². The average molecular weight is 367 g/mol. The maximum Gasteiger partial charge on any atom is 0.0977 e. The lowest BCUT2D eigenvalue weighted by Gasteiger charge is -2.25. The smallest absolute Gasteiger partial charge is 0.0977 e. The number of rotatable bonds is 12. The first-order valence-electron chi connectivity index (χ1n) is 9.84. The molecule has 0 fully saturated rings. The standard InChI is InChI=1S/C22H38O4/c1-9-21(5,6)25-23-17(3)15-19-13-11-12-14-20(19)16-18(4)24-26-22(7,8)10-2/h11-14,17-18H,9-10,15-16H2,1-8H3. The van der Waals surface area contributed by atoms with Gasteiger partial charge in [0.15, 0.2) is 0 Å². The molecular weight excluding hydrogens is 328 g/mol. The Morgan fingerprint density at radius 3 is 1.38 bits per heavy atom. The van der Waals surface area contributed by atoms with Crippen LogP contribution >= 0.6 is 0 Å². The molecule has 150 valence electrons. The highest BCUT2D eigenvalue weighted by Crippen LogP contribution is 2.20. The van der Waals surface area contributed by atoms with Crippen molar-refractivity contribution in [1.82, 2.24) is 0 Å². The van der Waals surface area contributed by atoms with Gasteiger partial charge in [-0.2, -0.15) is 0 Å². The van der Waals surface area contributed by atoms with Crippen LogP contribution in [0.3, 0.4) is 0 Å². The Balaban J connectivity index is 2.61. The molecule has 1 aromatic rings. The summed E-state index contributed by atoms with van der Waals surface area (Å²) >= 11 is 0. The second-order valence-electron chi connectivity index (χ2n) is 8.38. The van der Waals surface area contributed by atoms with Crippen molar-refractivity contribution in [3.63, 3.8) is 0 Å². The molecule has 0 aliphatic heterocycles. The molecule has 1 aromatic carbocycles. The zero-order chi connectivity index (χ0) is 19.8. The molecule has 2 unspecified atom stereocenters. The summed E-state index contributed by atoms with van der Waals surface area (Å²) in [7, 11) is 0. The lowest BCUT2D eigenvalue weighted by molar-refractivity contribution is -0.375. The van der Waals surface area contributed by atoms with E-state index in [2.05, 4.69) is 38.1 Å². The molecule has 0 saturated carbocycles. The van der Waals surface area contributed by atoms with Crippen LogP contribution in [0, 0.1) is 0 Å². The molecule has 0 N–H and O–H groups in total. The Hall–Kier alpha value is -0.940. The van der Waals surface area contributed by atoms with E-state index >= 15 is 0 Å². The van der Waals surface area contributed by atoms with Gasteiger partial charge in [0.2, 0.25) is 0 Å². The monoisotopic (exact) mass is 366 g/mol. The molecule has 4 nitrogen and oxygen atoms in total. The van der Waals surface area contributed by atoms with Gasteiger partial charge in [-0.05, 0) is 65.5 Å². The average Bonchev–Trinajstić information content (AvgIpc) is 2.60. The van der Waals surface area contributed by atoms with Crippen molar-refractivity contribution in [2.45, 2.75) is 104 Å². The van der Waals surface area contributed by atoms with Crippen molar-refractivity contribution >= 4 is 0 Å². The summed E-state index contributed by atoms with van der Waals surface area (Å²) in [4.78, 5) is 22.4. The largest absolute Gasteiger partial charge is 0.233 e. The molecular formula is C22H38O4. The van der Waals surface area contributed by atoms with Gasteiger partial charge < -0.3 is 0 Å². The maximum absolute atomic E-state index is 5.61. The fraction of sp³-hybridized carbons (Fsp3) is 0.727. The van der Waals surface area contributed by atoms with E-state index in [-0.39, 0.29) is 23.4 Å². The van der Waals surface area contributed by atoms with Gasteiger partial charge in [0.05, 0.1) is 23.4 Å². The molecule has 0 bridgehead atoms. The van der Waals surface area contributed by atoms with Crippen molar-refractivity contribution < 1.29 is 19.6 Å². The van der Waals surface area contributed by atoms with Crippen molar-refractivity contribution in [3.05, 3.63) is 35.4 Å². The lowest BCUT2D eigenvalue weighted by atomic mass is 9.98. The van der Waals surface area contributed by atoms with Crippen LogP contribution in [0.1, 0.15) is 79.4 Å². The van der Waals surface area contributed by atoms with Gasteiger partial charge in [-0.15, -0.1) is 0 Å². The van der Waals surface area contributed by atoms with E-state index < -0.39 is 0 Å². The van der Waals surface area contributed by atoms with E-state index in [9.17, 15) is 0 Å². The molecule has 4 heteroatoms. The van der Waals surface area contributed by atoms with E-state index in [4.69, 9.17) is 19.6 Å². The Morgan fingerprint density at radius 2 is 1.08 bits per heavy atom. The Bertz CT molecular complexity index is 478. The number of benzene rings is 1. The van der Waals surface area contributed by atoms with Crippen LogP contribution < -0.4 is 0 Å². The molecule has 0 aliphatic rings. The van der Waals surface area contributed by atoms with Crippen molar-refractivity contribution in [2.24, 2.45) is 0 Å². The van der Waals surface area contributed by atoms with Crippen LogP contribution in [0.2, 0.25) is 0 Å². The maximum atomic E-state index is 5.61. The van der Waals surface area contributed by atoms with Crippen LogP contribution in [0.5, 0.6) is 0 Å². The van der Waals surface area contributed by atoms with Gasteiger partial charge in [-0.1, -0.05) is 38.1 Å². The molecule has 2 atom stereocenters. The third-order valence-electron chi connectivity index (χ3n) is 4.71. The topological polar surface area (TPSA) is 36.9 Å². The van der Waals surface area contributed by atoms with Crippen LogP contribution in [0.25, 0.3) is 0 Å². The van der Waals surface area contributed by atoms with Gasteiger partial charge in [0, 0.05) is 12.8 Å². The minimum Gasteiger partial charge on any atom is -0.233 e. The summed E-state index contributed by atoms with van der Waals surface area (Å²) < 4.78 is 0. The van der Waals surface area contributed by atoms with Crippen molar-refractivity contribution in [2.75, 3.05) is 0 Å². The minimum atomic E-state index is -0.264. The second-order valence-corrected chi connectivity index (χ2v) is 8.38. The summed E-state index contributed by atoms with van der Waals surface area (Å²) in [5, 5.41) is 0. The Kier molecular flexibility index (Phi) is 9.25. The molecule has 0 radical (unpaired) electrons. The predicted molar refractivity (Wildman–Crippen MR) is 106 cm³/mol. The highest BCUT2D eigenvalue weighted by Gasteiger charge is 2.21. The van der Waals surface area contributed by atoms with E-state index in [1.54, 1.807) is 0 Å². The van der Waals surface area contributed by atoms with Crippen molar-refractivity contribution in [3.8, 4) is 0 Å². The van der Waals surface area contributed by atoms with Gasteiger partial charge in [0.1, 0.15) is 0 Å². The van der Waals surface area contributed by atoms with Crippen LogP contribution in [0.15, 0.2) is 24.3 Å². The minimum absolute atomic E-state index is 0.0199. The third kappa shape index (κ3) is 8.63. The highest BCUT2D eigenvalue weighted by atomic mass is 17.2. The third-order valence-corrected chi connectivity index (χ3v) is 4.71. The van der Waals surface area contributed by atoms with Gasteiger partial charge >= 0.3 is 0 Å². The first-order chi connectivity index (χ1) is 12.1. The summed E-state index contributed by atoms with van der Waals surface area (Å²) in [6.07, 6.45) is 3.36. The van der Waals surface area contributed by atoms with Gasteiger partial charge in [0.25, 0.3) is 0 Å². The zero-order valence-electron chi connectivity index (χ0n) is 17.9. The fourth-order valence-electron chi connectivity index (χ4n) is 2.19. The van der Waals surface area contributed by atoms with E-state index in [1.807, 2.05) is 41.5 Å². The second kappa shape index (κ2) is 10.4. The van der Waals surface area contributed by atoms with Crippen molar-refractivity contribution in [1.29, 1.82) is 0 Å². The van der Waals surface area contributed by atoms with Crippen LogP contribution in [-0.4, -0.2) is 23.4 Å². The molecule has 0 aliphatic carbocycles. The summed E-state index contributed by atoms with van der Waals surface area (Å²) in [6.45, 7) is 16.4. The zero-order valence-corrected chi connectivity index (χ0v) is 17.9. The Morgan fingerprint density at radius 1 is 0.731 bits per heavy atom. The van der Waals surface area contributed by atoms with Gasteiger partial charge in [-0.3, -0.25) is 0 Å². The lowest BCUT2D eigenvalue weighted by Crippen LogP contribution is -2.27. The first kappa shape index (κ1) is 23.1. The summed E-state index contributed by atoms with van der Waals surface area (Å²) in [5.74, 6) is 0. The number of hydrogen-bond acceptors (Lipinski definition) is 4. The Labute approximate surface area is 160 Å². The molecule has 0 amide bonds. The van der Waals surface area contributed by atoms with Crippen LogP contribution in [0.4, 0.5) is 0 Å². The van der Waals surface area contributed by atoms with E-state index in [0.717, 1.165) is 25.7 Å². The molecule has 0 aromatic heterocycles. The molecule has 0 heterocycles.